The molecule has 27 heavy (non-hydrogen) atoms. The zero-order valence-corrected chi connectivity index (χ0v) is 14.3. The van der Waals surface area contributed by atoms with E-state index in [1.165, 1.54) is 19.4 Å². The maximum Gasteiger partial charge on any atom is 0.453 e. The van der Waals surface area contributed by atoms with E-state index in [9.17, 15) is 13.2 Å². The summed E-state index contributed by atoms with van der Waals surface area (Å²) in [6.07, 6.45) is -1.44. The zero-order valence-electron chi connectivity index (χ0n) is 14.3. The highest BCUT2D eigenvalue weighted by atomic mass is 19.4. The number of aromatic nitrogens is 6. The molecule has 0 N–H and O–H groups in total. The Kier molecular flexibility index (Phi) is 4.16. The molecule has 1 aliphatic heterocycles. The number of hydrogen-bond donors (Lipinski definition) is 0. The SMILES string of the molecule is COc1cncc(N2CCN(c3ccc4nnc(C(F)(F)F)n4n3)CC2)n1. The van der Waals surface area contributed by atoms with E-state index in [-0.39, 0.29) is 5.65 Å². The van der Waals surface area contributed by atoms with Gasteiger partial charge in [0, 0.05) is 26.2 Å². The topological polar surface area (TPSA) is 84.6 Å². The summed E-state index contributed by atoms with van der Waals surface area (Å²) >= 11 is 0. The molecule has 1 aliphatic rings. The molecule has 0 unspecified atom stereocenters. The van der Waals surface area contributed by atoms with Gasteiger partial charge in [0.25, 0.3) is 5.82 Å². The second-order valence-corrected chi connectivity index (χ2v) is 5.88. The van der Waals surface area contributed by atoms with Gasteiger partial charge in [0.1, 0.15) is 5.82 Å². The van der Waals surface area contributed by atoms with Gasteiger partial charge in [-0.3, -0.25) is 4.98 Å². The summed E-state index contributed by atoms with van der Waals surface area (Å²) in [6.45, 7) is 2.38. The Hall–Kier alpha value is -3.18. The van der Waals surface area contributed by atoms with Crippen molar-refractivity contribution in [3.63, 3.8) is 0 Å². The van der Waals surface area contributed by atoms with Crippen molar-refractivity contribution in [1.29, 1.82) is 0 Å². The van der Waals surface area contributed by atoms with Crippen molar-refractivity contribution < 1.29 is 17.9 Å². The third-order valence-electron chi connectivity index (χ3n) is 4.24. The molecule has 0 amide bonds. The van der Waals surface area contributed by atoms with E-state index in [4.69, 9.17) is 4.74 Å². The largest absolute Gasteiger partial charge is 0.480 e. The predicted molar refractivity (Wildman–Crippen MR) is 88.8 cm³/mol. The van der Waals surface area contributed by atoms with Crippen LogP contribution in [0.25, 0.3) is 5.65 Å². The normalized spacial score (nSPS) is 15.4. The third-order valence-corrected chi connectivity index (χ3v) is 4.24. The first-order valence-corrected chi connectivity index (χ1v) is 8.11. The molecule has 0 radical (unpaired) electrons. The number of alkyl halides is 3. The lowest BCUT2D eigenvalue weighted by Gasteiger charge is -2.35. The van der Waals surface area contributed by atoms with E-state index in [1.807, 2.05) is 9.80 Å². The molecule has 4 rings (SSSR count). The van der Waals surface area contributed by atoms with Crippen molar-refractivity contribution in [3.05, 3.63) is 30.4 Å². The van der Waals surface area contributed by atoms with Crippen LogP contribution in [0.1, 0.15) is 5.82 Å². The van der Waals surface area contributed by atoms with Gasteiger partial charge in [-0.25, -0.2) is 0 Å². The van der Waals surface area contributed by atoms with Gasteiger partial charge in [-0.15, -0.1) is 15.3 Å². The van der Waals surface area contributed by atoms with Gasteiger partial charge in [0.15, 0.2) is 11.5 Å². The highest BCUT2D eigenvalue weighted by Crippen LogP contribution is 2.28. The number of nitrogens with zero attached hydrogens (tertiary/aromatic N) is 8. The first-order chi connectivity index (χ1) is 13.0. The molecule has 3 aromatic heterocycles. The third kappa shape index (κ3) is 3.29. The number of piperazine rings is 1. The quantitative estimate of drug-likeness (QED) is 0.672. The first-order valence-electron chi connectivity index (χ1n) is 8.11. The predicted octanol–water partition coefficient (Wildman–Crippen LogP) is 1.27. The molecule has 0 bridgehead atoms. The zero-order chi connectivity index (χ0) is 19.0. The lowest BCUT2D eigenvalue weighted by Crippen LogP contribution is -2.47. The van der Waals surface area contributed by atoms with E-state index in [0.717, 1.165) is 4.52 Å². The Morgan fingerprint density at radius 2 is 1.67 bits per heavy atom. The van der Waals surface area contributed by atoms with Crippen LogP contribution >= 0.6 is 0 Å². The molecule has 142 valence electrons. The standard InChI is InChI=1S/C15H15F3N8O/c1-27-13-9-19-8-12(20-13)25-6-4-24(5-7-25)11-3-2-10-21-22-14(15(16,17)18)26(10)23-11/h2-3,8-9H,4-7H2,1H3. The van der Waals surface area contributed by atoms with Crippen LogP contribution in [-0.2, 0) is 6.18 Å². The fraction of sp³-hybridized carbons (Fsp3) is 0.400. The smallest absolute Gasteiger partial charge is 0.453 e. The lowest BCUT2D eigenvalue weighted by molar-refractivity contribution is -0.146. The highest BCUT2D eigenvalue weighted by Gasteiger charge is 2.37. The number of ether oxygens (including phenoxy) is 1. The number of fused-ring (bicyclic) bond motifs is 1. The van der Waals surface area contributed by atoms with E-state index < -0.39 is 12.0 Å². The number of anilines is 2. The van der Waals surface area contributed by atoms with Crippen LogP contribution < -0.4 is 14.5 Å². The molecule has 12 heteroatoms. The van der Waals surface area contributed by atoms with Gasteiger partial charge >= 0.3 is 6.18 Å². The van der Waals surface area contributed by atoms with Crippen molar-refractivity contribution in [2.75, 3.05) is 43.1 Å². The van der Waals surface area contributed by atoms with Crippen molar-refractivity contribution in [2.24, 2.45) is 0 Å². The fourth-order valence-electron chi connectivity index (χ4n) is 2.88. The summed E-state index contributed by atoms with van der Waals surface area (Å²) in [5, 5.41) is 10.8. The van der Waals surface area contributed by atoms with Gasteiger partial charge in [0.2, 0.25) is 5.88 Å². The summed E-state index contributed by atoms with van der Waals surface area (Å²) in [5.41, 5.74) is 0.0522. The average molecular weight is 380 g/mol. The Labute approximate surface area is 151 Å². The van der Waals surface area contributed by atoms with E-state index in [0.29, 0.717) is 43.7 Å². The monoisotopic (exact) mass is 380 g/mol. The molecule has 9 nitrogen and oxygen atoms in total. The molecular weight excluding hydrogens is 365 g/mol. The fourth-order valence-corrected chi connectivity index (χ4v) is 2.88. The van der Waals surface area contributed by atoms with Gasteiger partial charge in [-0.1, -0.05) is 0 Å². The number of rotatable bonds is 3. The second-order valence-electron chi connectivity index (χ2n) is 5.88. The molecule has 0 atom stereocenters. The molecular formula is C15H15F3N8O. The van der Waals surface area contributed by atoms with Crippen molar-refractivity contribution >= 4 is 17.3 Å². The van der Waals surface area contributed by atoms with Crippen LogP contribution in [0.4, 0.5) is 24.8 Å². The van der Waals surface area contributed by atoms with Crippen LogP contribution in [0.3, 0.4) is 0 Å². The second kappa shape index (κ2) is 6.52. The van der Waals surface area contributed by atoms with Crippen molar-refractivity contribution in [3.8, 4) is 5.88 Å². The van der Waals surface area contributed by atoms with Gasteiger partial charge in [-0.2, -0.15) is 22.7 Å². The Morgan fingerprint density at radius 3 is 2.33 bits per heavy atom. The molecule has 0 aliphatic carbocycles. The Balaban J connectivity index is 1.52. The minimum absolute atomic E-state index is 0.0522. The molecule has 4 heterocycles. The molecule has 1 fully saturated rings. The molecule has 0 saturated carbocycles. The Morgan fingerprint density at radius 1 is 0.963 bits per heavy atom. The maximum atomic E-state index is 13.0. The average Bonchev–Trinajstić information content (AvgIpc) is 3.12. The number of hydrogen-bond acceptors (Lipinski definition) is 8. The van der Waals surface area contributed by atoms with Crippen LogP contribution in [0.2, 0.25) is 0 Å². The molecule has 0 aromatic carbocycles. The van der Waals surface area contributed by atoms with Gasteiger partial charge in [0.05, 0.1) is 19.5 Å². The summed E-state index contributed by atoms with van der Waals surface area (Å²) < 4.78 is 44.9. The summed E-state index contributed by atoms with van der Waals surface area (Å²) in [4.78, 5) is 12.4. The summed E-state index contributed by atoms with van der Waals surface area (Å²) in [5.74, 6) is 0.415. The minimum Gasteiger partial charge on any atom is -0.480 e. The van der Waals surface area contributed by atoms with E-state index >= 15 is 0 Å². The minimum atomic E-state index is -4.62. The first kappa shape index (κ1) is 17.2. The van der Waals surface area contributed by atoms with E-state index in [2.05, 4.69) is 25.3 Å². The maximum absolute atomic E-state index is 13.0. The number of halogens is 3. The van der Waals surface area contributed by atoms with Crippen LogP contribution in [0.15, 0.2) is 24.5 Å². The lowest BCUT2D eigenvalue weighted by atomic mass is 10.3. The summed E-state index contributed by atoms with van der Waals surface area (Å²) in [7, 11) is 1.52. The van der Waals surface area contributed by atoms with Crippen LogP contribution in [0.5, 0.6) is 5.88 Å². The van der Waals surface area contributed by atoms with E-state index in [1.54, 1.807) is 12.3 Å². The van der Waals surface area contributed by atoms with Gasteiger partial charge < -0.3 is 14.5 Å². The summed E-state index contributed by atoms with van der Waals surface area (Å²) in [6, 6.07) is 3.12. The highest BCUT2D eigenvalue weighted by molar-refractivity contribution is 5.48. The van der Waals surface area contributed by atoms with Crippen LogP contribution in [-0.4, -0.2) is 63.1 Å². The number of methoxy groups -OCH3 is 1. The molecule has 3 aromatic rings. The molecule has 1 saturated heterocycles. The Bertz CT molecular complexity index is 952. The molecule has 0 spiro atoms. The van der Waals surface area contributed by atoms with Gasteiger partial charge in [-0.05, 0) is 12.1 Å². The van der Waals surface area contributed by atoms with Crippen molar-refractivity contribution in [1.82, 2.24) is 29.8 Å². The van der Waals surface area contributed by atoms with Crippen molar-refractivity contribution in [2.45, 2.75) is 6.18 Å². The van der Waals surface area contributed by atoms with Crippen LogP contribution in [0, 0.1) is 0 Å².